The molecule has 2 aromatic heterocycles. The van der Waals surface area contributed by atoms with Crippen molar-refractivity contribution in [2.45, 2.75) is 88.5 Å². The van der Waals surface area contributed by atoms with Crippen molar-refractivity contribution < 1.29 is 28.8 Å². The molecule has 11 N–H and O–H groups in total. The number of fused-ring (bicyclic) bond motifs is 1. The van der Waals surface area contributed by atoms with Gasteiger partial charge in [-0.15, -0.1) is 0 Å². The van der Waals surface area contributed by atoms with E-state index >= 15 is 0 Å². The van der Waals surface area contributed by atoms with Crippen molar-refractivity contribution in [3.63, 3.8) is 0 Å². The van der Waals surface area contributed by atoms with E-state index in [-0.39, 0.29) is 44.4 Å². The second kappa shape index (κ2) is 19.6. The number of amides is 5. The van der Waals surface area contributed by atoms with Crippen LogP contribution < -0.4 is 33.2 Å². The lowest BCUT2D eigenvalue weighted by Gasteiger charge is -2.29. The molecular weight excluding hydrogens is 717 g/mol. The molecule has 4 aromatic rings. The third-order valence-electron chi connectivity index (χ3n) is 10.2. The normalized spacial score (nSPS) is 16.8. The quantitative estimate of drug-likeness (QED) is 0.0549. The molecule has 6 atom stereocenters. The van der Waals surface area contributed by atoms with Gasteiger partial charge in [0, 0.05) is 67.1 Å². The molecule has 1 fully saturated rings. The number of hydrogen-bond donors (Lipinski definition) is 8. The molecule has 16 nitrogen and oxygen atoms in total. The van der Waals surface area contributed by atoms with Crippen LogP contribution in [0.3, 0.4) is 0 Å². The molecule has 5 rings (SSSR count). The van der Waals surface area contributed by atoms with Crippen molar-refractivity contribution in [2.75, 3.05) is 13.1 Å². The molecule has 2 aromatic carbocycles. The lowest BCUT2D eigenvalue weighted by molar-refractivity contribution is -0.140. The fourth-order valence-corrected chi connectivity index (χ4v) is 6.99. The highest BCUT2D eigenvalue weighted by atomic mass is 16.2. The van der Waals surface area contributed by atoms with Gasteiger partial charge in [-0.3, -0.25) is 28.8 Å². The highest BCUT2D eigenvalue weighted by molar-refractivity contribution is 5.97. The molecule has 0 bridgehead atoms. The van der Waals surface area contributed by atoms with Gasteiger partial charge < -0.3 is 48.0 Å². The third-order valence-corrected chi connectivity index (χ3v) is 10.2. The van der Waals surface area contributed by atoms with Gasteiger partial charge in [-0.05, 0) is 49.4 Å². The predicted octanol–water partition coefficient (Wildman–Crippen LogP) is 0.511. The first-order chi connectivity index (χ1) is 26.9. The minimum atomic E-state index is -0.995. The lowest BCUT2D eigenvalue weighted by atomic mass is 9.94. The fourth-order valence-electron chi connectivity index (χ4n) is 6.99. The molecule has 3 heterocycles. The maximum Gasteiger partial charge on any atom is 0.245 e. The molecule has 0 spiro atoms. The summed E-state index contributed by atoms with van der Waals surface area (Å²) < 4.78 is 0. The zero-order chi connectivity index (χ0) is 40.2. The van der Waals surface area contributed by atoms with Crippen LogP contribution in [0.25, 0.3) is 10.9 Å². The van der Waals surface area contributed by atoms with Crippen LogP contribution in [0.5, 0.6) is 0 Å². The maximum absolute atomic E-state index is 13.9. The van der Waals surface area contributed by atoms with E-state index < -0.39 is 65.7 Å². The molecule has 56 heavy (non-hydrogen) atoms. The number of Topliss-reactive ketones (excluding diaryl/α,β-unsaturated/α-hetero) is 1. The van der Waals surface area contributed by atoms with Gasteiger partial charge in [-0.25, -0.2) is 4.98 Å². The van der Waals surface area contributed by atoms with Crippen molar-refractivity contribution in [2.24, 2.45) is 23.1 Å². The average molecular weight is 769 g/mol. The van der Waals surface area contributed by atoms with E-state index in [9.17, 15) is 28.8 Å². The summed E-state index contributed by atoms with van der Waals surface area (Å²) in [6, 6.07) is 12.0. The van der Waals surface area contributed by atoms with Crippen LogP contribution in [0.4, 0.5) is 0 Å². The molecule has 0 unspecified atom stereocenters. The third kappa shape index (κ3) is 10.9. The van der Waals surface area contributed by atoms with Gasteiger partial charge in [0.25, 0.3) is 0 Å². The Labute approximate surface area is 325 Å². The molecule has 5 amide bonds. The number of H-pyrrole nitrogens is 2. The number of nitrogens with two attached hydrogens (primary N) is 3. The largest absolute Gasteiger partial charge is 0.368 e. The van der Waals surface area contributed by atoms with Crippen LogP contribution >= 0.6 is 0 Å². The Hall–Kier alpha value is -5.87. The number of primary amides is 1. The van der Waals surface area contributed by atoms with Crippen LogP contribution in [0.1, 0.15) is 55.8 Å². The summed E-state index contributed by atoms with van der Waals surface area (Å²) in [5.41, 5.74) is 20.6. The van der Waals surface area contributed by atoms with E-state index in [0.29, 0.717) is 31.5 Å². The summed E-state index contributed by atoms with van der Waals surface area (Å²) in [7, 11) is 0. The smallest absolute Gasteiger partial charge is 0.245 e. The van der Waals surface area contributed by atoms with Crippen molar-refractivity contribution in [1.82, 2.24) is 35.8 Å². The van der Waals surface area contributed by atoms with E-state index in [0.717, 1.165) is 22.0 Å². The minimum absolute atomic E-state index is 0.157. The van der Waals surface area contributed by atoms with Crippen LogP contribution in [0.2, 0.25) is 0 Å². The van der Waals surface area contributed by atoms with Gasteiger partial charge in [-0.2, -0.15) is 0 Å². The van der Waals surface area contributed by atoms with E-state index in [2.05, 4.69) is 30.9 Å². The molecule has 1 aliphatic heterocycles. The van der Waals surface area contributed by atoms with Crippen LogP contribution in [-0.2, 0) is 48.0 Å². The lowest BCUT2D eigenvalue weighted by Crippen LogP contribution is -2.55. The summed E-state index contributed by atoms with van der Waals surface area (Å²) in [6.07, 6.45) is 6.91. The van der Waals surface area contributed by atoms with E-state index in [1.165, 1.54) is 11.2 Å². The number of likely N-dealkylation sites (tertiary alicyclic amines) is 1. The number of benzene rings is 2. The standard InChI is InChI=1S/C40H52N10O6/c1-24(17-35(51)33(19-26-21-45-30-12-6-5-11-28(26)30)49-38(54)29(42)20-27-22-44-23-46-27)37(53)48-32-14-16-50(40(32)56)34(18-25-9-3-2-4-10-25)39(55)47-31(36(43)52)13-7-8-15-41/h2-6,9-12,21-24,29,31-34,45H,7-8,13-20,41-42H2,1H3,(H2,43,52)(H,44,46)(H,47,55)(H,48,53)(H,49,54)/t24-,29+,31+,32+,33-,34-/m1/s1. The fraction of sp³-hybridized carbons (Fsp3) is 0.425. The molecule has 1 saturated heterocycles. The Morgan fingerprint density at radius 1 is 0.911 bits per heavy atom. The molecule has 0 radical (unpaired) electrons. The highest BCUT2D eigenvalue weighted by Gasteiger charge is 2.41. The van der Waals surface area contributed by atoms with E-state index in [4.69, 9.17) is 17.2 Å². The molecule has 298 valence electrons. The number of aromatic nitrogens is 3. The zero-order valence-corrected chi connectivity index (χ0v) is 31.5. The maximum atomic E-state index is 13.9. The first-order valence-electron chi connectivity index (χ1n) is 19.0. The Morgan fingerprint density at radius 2 is 1.64 bits per heavy atom. The summed E-state index contributed by atoms with van der Waals surface area (Å²) in [4.78, 5) is 92.0. The number of carbonyl (C=O) groups is 6. The number of rotatable bonds is 21. The summed E-state index contributed by atoms with van der Waals surface area (Å²) in [5, 5.41) is 9.23. The van der Waals surface area contributed by atoms with E-state index in [1.807, 2.05) is 54.6 Å². The Bertz CT molecular complexity index is 1970. The minimum Gasteiger partial charge on any atom is -0.368 e. The summed E-state index contributed by atoms with van der Waals surface area (Å²) in [6.45, 7) is 2.19. The first-order valence-corrected chi connectivity index (χ1v) is 19.0. The number of unbranched alkanes of at least 4 members (excludes halogenated alkanes) is 1. The molecule has 16 heteroatoms. The van der Waals surface area contributed by atoms with Gasteiger partial charge in [0.05, 0.1) is 18.4 Å². The SMILES string of the molecule is C[C@H](CC(=O)[C@@H](Cc1c[nH]c2ccccc12)NC(=O)[C@@H](N)Cc1cnc[nH]1)C(=O)N[C@H]1CCN([C@H](Cc2ccccc2)C(=O)N[C@@H](CCCCN)C(N)=O)C1=O. The van der Waals surface area contributed by atoms with Crippen LogP contribution in [-0.4, -0.2) is 98.5 Å². The number of aromatic amines is 2. The van der Waals surface area contributed by atoms with Gasteiger partial charge in [0.1, 0.15) is 18.1 Å². The topological polar surface area (TPSA) is 264 Å². The van der Waals surface area contributed by atoms with Crippen molar-refractivity contribution in [3.05, 3.63) is 90.1 Å². The molecular formula is C40H52N10O6. The van der Waals surface area contributed by atoms with Crippen LogP contribution in [0.15, 0.2) is 73.3 Å². The molecule has 0 aliphatic carbocycles. The van der Waals surface area contributed by atoms with Crippen LogP contribution in [0, 0.1) is 5.92 Å². The second-order valence-corrected chi connectivity index (χ2v) is 14.4. The van der Waals surface area contributed by atoms with E-state index in [1.54, 1.807) is 19.3 Å². The number of para-hydroxylation sites is 1. The highest BCUT2D eigenvalue weighted by Crippen LogP contribution is 2.22. The Balaban J connectivity index is 1.25. The first kappa shape index (κ1) is 41.3. The zero-order valence-electron chi connectivity index (χ0n) is 31.5. The number of nitrogens with one attached hydrogen (secondary N) is 5. The van der Waals surface area contributed by atoms with Gasteiger partial charge in [0.15, 0.2) is 5.78 Å². The van der Waals surface area contributed by atoms with Crippen molar-refractivity contribution in [1.29, 1.82) is 0 Å². The van der Waals surface area contributed by atoms with Gasteiger partial charge >= 0.3 is 0 Å². The summed E-state index contributed by atoms with van der Waals surface area (Å²) >= 11 is 0. The number of imidazole rings is 1. The summed E-state index contributed by atoms with van der Waals surface area (Å²) in [5.74, 6) is -3.97. The average Bonchev–Trinajstić information content (AvgIpc) is 3.94. The van der Waals surface area contributed by atoms with Crippen molar-refractivity contribution >= 4 is 46.2 Å². The molecule has 0 saturated carbocycles. The monoisotopic (exact) mass is 768 g/mol. The molecule has 1 aliphatic rings. The van der Waals surface area contributed by atoms with Crippen molar-refractivity contribution in [3.8, 4) is 0 Å². The number of nitrogens with zero attached hydrogens (tertiary/aromatic N) is 2. The second-order valence-electron chi connectivity index (χ2n) is 14.4. The number of hydrogen-bond acceptors (Lipinski definition) is 9. The number of ketones is 1. The Morgan fingerprint density at radius 3 is 2.36 bits per heavy atom. The Kier molecular flexibility index (Phi) is 14.5. The predicted molar refractivity (Wildman–Crippen MR) is 209 cm³/mol. The van der Waals surface area contributed by atoms with Gasteiger partial charge in [-0.1, -0.05) is 55.5 Å². The van der Waals surface area contributed by atoms with Gasteiger partial charge in [0.2, 0.25) is 29.5 Å². The number of carbonyl (C=O) groups excluding carboxylic acids is 6.